The molecule has 102 valence electrons. The maximum atomic E-state index is 9.94. The molecule has 3 rings (SSSR count). The van der Waals surface area contributed by atoms with Crippen LogP contribution in [-0.4, -0.2) is 10.8 Å². The van der Waals surface area contributed by atoms with Gasteiger partial charge in [-0.15, -0.1) is 0 Å². The van der Waals surface area contributed by atoms with Crippen LogP contribution in [0.5, 0.6) is 5.75 Å². The van der Waals surface area contributed by atoms with Crippen LogP contribution in [0.25, 0.3) is 0 Å². The predicted octanol–water partition coefficient (Wildman–Crippen LogP) is 3.79. The molecule has 0 aliphatic carbocycles. The smallest absolute Gasteiger partial charge is 0.121 e. The summed E-state index contributed by atoms with van der Waals surface area (Å²) in [5.41, 5.74) is 7.18. The van der Waals surface area contributed by atoms with Crippen molar-refractivity contribution in [2.24, 2.45) is 5.10 Å². The van der Waals surface area contributed by atoms with Crippen LogP contribution in [-0.2, 0) is 0 Å². The fourth-order valence-electron chi connectivity index (χ4n) is 2.35. The number of nitrogens with zero attached hydrogens (tertiary/aromatic N) is 1. The molecule has 2 N–H and O–H groups in total. The first kappa shape index (κ1) is 13.0. The van der Waals surface area contributed by atoms with Gasteiger partial charge < -0.3 is 10.5 Å². The van der Waals surface area contributed by atoms with Gasteiger partial charge in [0.15, 0.2) is 0 Å². The SMILES string of the molecule is Cc1ccc(C2=NN[C@H](c3cc(Cl)ccc3O)C2)cc1. The number of benzene rings is 2. The minimum Gasteiger partial charge on any atom is -0.508 e. The predicted molar refractivity (Wildman–Crippen MR) is 81.3 cm³/mol. The van der Waals surface area contributed by atoms with Crippen LogP contribution in [0.1, 0.15) is 29.2 Å². The zero-order valence-electron chi connectivity index (χ0n) is 11.1. The summed E-state index contributed by atoms with van der Waals surface area (Å²) in [6.07, 6.45) is 0.733. The fraction of sp³-hybridized carbons (Fsp3) is 0.188. The lowest BCUT2D eigenvalue weighted by Crippen LogP contribution is -2.10. The molecule has 1 aliphatic heterocycles. The number of rotatable bonds is 2. The third-order valence-electron chi connectivity index (χ3n) is 3.50. The lowest BCUT2D eigenvalue weighted by atomic mass is 9.98. The summed E-state index contributed by atoms with van der Waals surface area (Å²) in [5.74, 6) is 0.243. The largest absolute Gasteiger partial charge is 0.508 e. The van der Waals surface area contributed by atoms with Crippen LogP contribution in [0.4, 0.5) is 0 Å². The first-order chi connectivity index (χ1) is 9.63. The monoisotopic (exact) mass is 286 g/mol. The molecule has 1 heterocycles. The van der Waals surface area contributed by atoms with Crippen LogP contribution in [0, 0.1) is 6.92 Å². The number of phenols is 1. The summed E-state index contributed by atoms with van der Waals surface area (Å²) < 4.78 is 0. The van der Waals surface area contributed by atoms with Crippen LogP contribution in [0.15, 0.2) is 47.6 Å². The molecule has 0 aromatic heterocycles. The molecule has 20 heavy (non-hydrogen) atoms. The van der Waals surface area contributed by atoms with Gasteiger partial charge >= 0.3 is 0 Å². The van der Waals surface area contributed by atoms with E-state index in [1.807, 2.05) is 0 Å². The molecule has 0 saturated carbocycles. The van der Waals surface area contributed by atoms with Crippen molar-refractivity contribution in [2.45, 2.75) is 19.4 Å². The van der Waals surface area contributed by atoms with Crippen molar-refractivity contribution in [3.8, 4) is 5.75 Å². The van der Waals surface area contributed by atoms with Crippen LogP contribution in [0.3, 0.4) is 0 Å². The summed E-state index contributed by atoms with van der Waals surface area (Å²) in [6.45, 7) is 2.06. The molecule has 0 fully saturated rings. The van der Waals surface area contributed by atoms with Gasteiger partial charge in [-0.3, -0.25) is 0 Å². The van der Waals surface area contributed by atoms with E-state index in [4.69, 9.17) is 11.6 Å². The number of nitrogens with one attached hydrogen (secondary N) is 1. The number of phenolic OH excluding ortho intramolecular Hbond substituents is 1. The second kappa shape index (κ2) is 5.17. The lowest BCUT2D eigenvalue weighted by Gasteiger charge is -2.12. The van der Waals surface area contributed by atoms with Gasteiger partial charge in [-0.2, -0.15) is 5.10 Å². The Bertz CT molecular complexity index is 665. The van der Waals surface area contributed by atoms with E-state index < -0.39 is 0 Å². The number of hydrazone groups is 1. The molecular formula is C16H15ClN2O. The average Bonchev–Trinajstić information content (AvgIpc) is 2.92. The third-order valence-corrected chi connectivity index (χ3v) is 3.74. The highest BCUT2D eigenvalue weighted by atomic mass is 35.5. The maximum absolute atomic E-state index is 9.94. The number of aryl methyl sites for hydroxylation is 1. The Morgan fingerprint density at radius 3 is 2.70 bits per heavy atom. The highest BCUT2D eigenvalue weighted by molar-refractivity contribution is 6.30. The quantitative estimate of drug-likeness (QED) is 0.882. The summed E-state index contributed by atoms with van der Waals surface area (Å²) in [6, 6.07) is 13.3. The van der Waals surface area contributed by atoms with Crippen molar-refractivity contribution < 1.29 is 5.11 Å². The second-order valence-electron chi connectivity index (χ2n) is 5.01. The number of hydrogen-bond acceptors (Lipinski definition) is 3. The summed E-state index contributed by atoms with van der Waals surface area (Å²) in [4.78, 5) is 0. The molecule has 2 aromatic rings. The van der Waals surface area contributed by atoms with E-state index in [1.54, 1.807) is 18.2 Å². The van der Waals surface area contributed by atoms with Gasteiger partial charge in [0.1, 0.15) is 5.75 Å². The molecule has 2 aromatic carbocycles. The molecular weight excluding hydrogens is 272 g/mol. The molecule has 0 spiro atoms. The van der Waals surface area contributed by atoms with Gasteiger partial charge in [-0.25, -0.2) is 0 Å². The Morgan fingerprint density at radius 2 is 1.95 bits per heavy atom. The Morgan fingerprint density at radius 1 is 1.20 bits per heavy atom. The van der Waals surface area contributed by atoms with Crippen molar-refractivity contribution in [1.29, 1.82) is 0 Å². The van der Waals surface area contributed by atoms with Crippen molar-refractivity contribution in [1.82, 2.24) is 5.43 Å². The fourth-order valence-corrected chi connectivity index (χ4v) is 2.53. The van der Waals surface area contributed by atoms with Gasteiger partial charge in [-0.05, 0) is 30.7 Å². The Balaban J connectivity index is 1.82. The molecule has 3 nitrogen and oxygen atoms in total. The topological polar surface area (TPSA) is 44.6 Å². The standard InChI is InChI=1S/C16H15ClN2O/c1-10-2-4-11(5-3-10)14-9-15(19-18-14)13-8-12(17)6-7-16(13)20/h2-8,15,19-20H,9H2,1H3/t15-/m0/s1. The van der Waals surface area contributed by atoms with E-state index in [1.165, 1.54) is 5.56 Å². The van der Waals surface area contributed by atoms with Crippen molar-refractivity contribution in [3.63, 3.8) is 0 Å². The van der Waals surface area contributed by atoms with Gasteiger partial charge in [0, 0.05) is 17.0 Å². The summed E-state index contributed by atoms with van der Waals surface area (Å²) in [5, 5.41) is 14.9. The van der Waals surface area contributed by atoms with E-state index in [2.05, 4.69) is 41.7 Å². The molecule has 1 atom stereocenters. The lowest BCUT2D eigenvalue weighted by molar-refractivity contribution is 0.455. The van der Waals surface area contributed by atoms with E-state index in [-0.39, 0.29) is 11.8 Å². The molecule has 0 unspecified atom stereocenters. The molecule has 0 saturated heterocycles. The zero-order chi connectivity index (χ0) is 14.1. The first-order valence-corrected chi connectivity index (χ1v) is 6.89. The minimum absolute atomic E-state index is 0.0370. The first-order valence-electron chi connectivity index (χ1n) is 6.51. The maximum Gasteiger partial charge on any atom is 0.121 e. The average molecular weight is 287 g/mol. The van der Waals surface area contributed by atoms with E-state index in [0.717, 1.165) is 23.3 Å². The third kappa shape index (κ3) is 2.49. The number of halogens is 1. The minimum atomic E-state index is -0.0370. The van der Waals surface area contributed by atoms with Crippen molar-refractivity contribution >= 4 is 17.3 Å². The number of aromatic hydroxyl groups is 1. The normalized spacial score (nSPS) is 17.7. The molecule has 0 radical (unpaired) electrons. The van der Waals surface area contributed by atoms with Gasteiger partial charge in [0.25, 0.3) is 0 Å². The van der Waals surface area contributed by atoms with Gasteiger partial charge in [0.2, 0.25) is 0 Å². The summed E-state index contributed by atoms with van der Waals surface area (Å²) in [7, 11) is 0. The van der Waals surface area contributed by atoms with Crippen LogP contribution in [0.2, 0.25) is 5.02 Å². The highest BCUT2D eigenvalue weighted by Crippen LogP contribution is 2.32. The Kier molecular flexibility index (Phi) is 3.36. The number of hydrogen-bond donors (Lipinski definition) is 2. The summed E-state index contributed by atoms with van der Waals surface area (Å²) >= 11 is 5.99. The van der Waals surface area contributed by atoms with Crippen LogP contribution < -0.4 is 5.43 Å². The molecule has 1 aliphatic rings. The van der Waals surface area contributed by atoms with Gasteiger partial charge in [-0.1, -0.05) is 41.4 Å². The zero-order valence-corrected chi connectivity index (χ0v) is 11.9. The van der Waals surface area contributed by atoms with Gasteiger partial charge in [0.05, 0.1) is 11.8 Å². The Hall–Kier alpha value is -2.00. The Labute approximate surface area is 122 Å². The highest BCUT2D eigenvalue weighted by Gasteiger charge is 2.23. The van der Waals surface area contributed by atoms with Crippen molar-refractivity contribution in [2.75, 3.05) is 0 Å². The molecule has 0 amide bonds. The van der Waals surface area contributed by atoms with Crippen LogP contribution >= 0.6 is 11.6 Å². The second-order valence-corrected chi connectivity index (χ2v) is 5.45. The van der Waals surface area contributed by atoms with E-state index in [0.29, 0.717) is 5.02 Å². The van der Waals surface area contributed by atoms with Crippen molar-refractivity contribution in [3.05, 3.63) is 64.2 Å². The van der Waals surface area contributed by atoms with E-state index >= 15 is 0 Å². The molecule has 4 heteroatoms. The van der Waals surface area contributed by atoms with E-state index in [9.17, 15) is 5.11 Å². The molecule has 0 bridgehead atoms.